The Labute approximate surface area is 187 Å². The van der Waals surface area contributed by atoms with Gasteiger partial charge >= 0.3 is 12.1 Å². The molecular formula is C23H23F3N4O3. The minimum absolute atomic E-state index is 0.0915. The summed E-state index contributed by atoms with van der Waals surface area (Å²) in [5.74, 6) is -3.42. The van der Waals surface area contributed by atoms with Crippen LogP contribution in [-0.2, 0) is 16.2 Å². The molecule has 0 saturated carbocycles. The topological polar surface area (TPSA) is 86.5 Å². The molecule has 0 atom stereocenters. The van der Waals surface area contributed by atoms with Crippen molar-refractivity contribution in [2.24, 2.45) is 0 Å². The highest BCUT2D eigenvalue weighted by atomic mass is 19.4. The van der Waals surface area contributed by atoms with E-state index >= 15 is 0 Å². The number of halogens is 3. The monoisotopic (exact) mass is 460 g/mol. The van der Waals surface area contributed by atoms with E-state index in [9.17, 15) is 22.8 Å². The number of aromatic nitrogens is 1. The molecule has 2 aromatic carbocycles. The molecule has 3 aromatic rings. The molecular weight excluding hydrogens is 437 g/mol. The molecule has 1 aliphatic heterocycles. The first-order valence-electron chi connectivity index (χ1n) is 10.5. The first kappa shape index (κ1) is 22.7. The van der Waals surface area contributed by atoms with Gasteiger partial charge in [-0.05, 0) is 67.9 Å². The highest BCUT2D eigenvalue weighted by molar-refractivity contribution is 5.94. The highest BCUT2D eigenvalue weighted by Gasteiger charge is 2.42. The molecule has 0 unspecified atom stereocenters. The van der Waals surface area contributed by atoms with Crippen LogP contribution in [-0.4, -0.2) is 42.2 Å². The van der Waals surface area contributed by atoms with Crippen LogP contribution in [0.5, 0.6) is 0 Å². The zero-order valence-corrected chi connectivity index (χ0v) is 17.6. The predicted octanol–water partition coefficient (Wildman–Crippen LogP) is 3.68. The van der Waals surface area contributed by atoms with Gasteiger partial charge in [0.2, 0.25) is 0 Å². The van der Waals surface area contributed by atoms with Crippen molar-refractivity contribution in [3.63, 3.8) is 0 Å². The number of hydrogen-bond acceptors (Lipinski definition) is 5. The van der Waals surface area contributed by atoms with Crippen molar-refractivity contribution in [1.29, 1.82) is 0 Å². The van der Waals surface area contributed by atoms with Crippen LogP contribution in [0.3, 0.4) is 0 Å². The maximum atomic E-state index is 12.3. The number of alkyl halides is 3. The van der Waals surface area contributed by atoms with Gasteiger partial charge in [0.1, 0.15) is 0 Å². The lowest BCUT2D eigenvalue weighted by molar-refractivity contribution is -0.204. The SMILES string of the molecule is O=C(NOC(=O)C(F)(F)F)c1cccc(CN(c2ccc3[nH]ccc3c2)C2CCNCC2)c1. The number of aromatic amines is 1. The summed E-state index contributed by atoms with van der Waals surface area (Å²) in [7, 11) is 0. The molecule has 33 heavy (non-hydrogen) atoms. The summed E-state index contributed by atoms with van der Waals surface area (Å²) in [4.78, 5) is 32.4. The van der Waals surface area contributed by atoms with Crippen LogP contribution in [0.15, 0.2) is 54.7 Å². The molecule has 1 saturated heterocycles. The maximum absolute atomic E-state index is 12.3. The average Bonchev–Trinajstić information content (AvgIpc) is 3.29. The van der Waals surface area contributed by atoms with Crippen molar-refractivity contribution in [3.05, 3.63) is 65.9 Å². The Hall–Kier alpha value is -3.53. The number of rotatable bonds is 5. The fourth-order valence-electron chi connectivity index (χ4n) is 3.99. The van der Waals surface area contributed by atoms with E-state index in [1.54, 1.807) is 17.6 Å². The van der Waals surface area contributed by atoms with E-state index in [-0.39, 0.29) is 11.6 Å². The molecule has 1 aromatic heterocycles. The minimum atomic E-state index is -5.19. The Morgan fingerprint density at radius 2 is 1.88 bits per heavy atom. The summed E-state index contributed by atoms with van der Waals surface area (Å²) in [5.41, 5.74) is 4.54. The van der Waals surface area contributed by atoms with Crippen LogP contribution in [0.25, 0.3) is 10.9 Å². The summed E-state index contributed by atoms with van der Waals surface area (Å²) in [5, 5.41) is 4.45. The number of hydroxylamine groups is 1. The number of H-pyrrole nitrogens is 1. The second-order valence-electron chi connectivity index (χ2n) is 7.88. The first-order valence-corrected chi connectivity index (χ1v) is 10.5. The zero-order chi connectivity index (χ0) is 23.4. The fraction of sp³-hybridized carbons (Fsp3) is 0.304. The molecule has 0 spiro atoms. The minimum Gasteiger partial charge on any atom is -0.364 e. The van der Waals surface area contributed by atoms with Crippen molar-refractivity contribution >= 4 is 28.5 Å². The fourth-order valence-corrected chi connectivity index (χ4v) is 3.99. The Kier molecular flexibility index (Phi) is 6.55. The Balaban J connectivity index is 1.53. The number of nitrogens with one attached hydrogen (secondary N) is 3. The van der Waals surface area contributed by atoms with E-state index in [0.717, 1.165) is 48.1 Å². The van der Waals surface area contributed by atoms with Gasteiger partial charge < -0.3 is 20.0 Å². The summed E-state index contributed by atoms with van der Waals surface area (Å²) in [6.45, 7) is 2.31. The second-order valence-corrected chi connectivity index (χ2v) is 7.88. The highest BCUT2D eigenvalue weighted by Crippen LogP contribution is 2.28. The molecule has 1 fully saturated rings. The molecule has 174 valence electrons. The number of carbonyl (C=O) groups is 2. The van der Waals surface area contributed by atoms with Crippen LogP contribution in [0.2, 0.25) is 0 Å². The summed E-state index contributed by atoms with van der Waals surface area (Å²) >= 11 is 0. The van der Waals surface area contributed by atoms with Crippen LogP contribution < -0.4 is 15.7 Å². The smallest absolute Gasteiger partial charge is 0.364 e. The molecule has 4 rings (SSSR count). The van der Waals surface area contributed by atoms with E-state index < -0.39 is 18.1 Å². The van der Waals surface area contributed by atoms with E-state index in [1.807, 2.05) is 30.5 Å². The standard InChI is InChI=1S/C23H23F3N4O3/c24-23(25,26)22(32)33-29-21(31)17-3-1-2-15(12-17)14-30(18-7-9-27-10-8-18)19-4-5-20-16(13-19)6-11-28-20/h1-6,11-13,18,27-28H,7-10,14H2,(H,29,31). The van der Waals surface area contributed by atoms with Crippen LogP contribution in [0.4, 0.5) is 18.9 Å². The zero-order valence-electron chi connectivity index (χ0n) is 17.6. The van der Waals surface area contributed by atoms with Gasteiger partial charge in [-0.3, -0.25) is 4.79 Å². The molecule has 10 heteroatoms. The van der Waals surface area contributed by atoms with Crippen LogP contribution in [0, 0.1) is 0 Å². The van der Waals surface area contributed by atoms with Crippen molar-refractivity contribution in [2.45, 2.75) is 31.6 Å². The van der Waals surface area contributed by atoms with Gasteiger partial charge in [0.25, 0.3) is 5.91 Å². The molecule has 0 radical (unpaired) electrons. The molecule has 0 aliphatic carbocycles. The summed E-state index contributed by atoms with van der Waals surface area (Å²) < 4.78 is 36.9. The van der Waals surface area contributed by atoms with Gasteiger partial charge in [0.05, 0.1) is 0 Å². The maximum Gasteiger partial charge on any atom is 0.493 e. The molecule has 1 aliphatic rings. The number of anilines is 1. The van der Waals surface area contributed by atoms with Crippen molar-refractivity contribution in [1.82, 2.24) is 15.8 Å². The van der Waals surface area contributed by atoms with Crippen LogP contribution >= 0.6 is 0 Å². The van der Waals surface area contributed by atoms with Crippen molar-refractivity contribution in [2.75, 3.05) is 18.0 Å². The third kappa shape index (κ3) is 5.46. The average molecular weight is 460 g/mol. The predicted molar refractivity (Wildman–Crippen MR) is 116 cm³/mol. The van der Waals surface area contributed by atoms with E-state index in [1.165, 1.54) is 6.07 Å². The number of amides is 1. The molecule has 1 amide bonds. The Bertz CT molecular complexity index is 1140. The molecule has 0 bridgehead atoms. The van der Waals surface area contributed by atoms with Crippen molar-refractivity contribution < 1.29 is 27.6 Å². The number of fused-ring (bicyclic) bond motifs is 1. The van der Waals surface area contributed by atoms with Gasteiger partial charge in [0.15, 0.2) is 0 Å². The second kappa shape index (κ2) is 9.53. The van der Waals surface area contributed by atoms with E-state index in [0.29, 0.717) is 6.54 Å². The van der Waals surface area contributed by atoms with E-state index in [2.05, 4.69) is 26.1 Å². The third-order valence-electron chi connectivity index (χ3n) is 5.63. The van der Waals surface area contributed by atoms with Gasteiger partial charge in [0, 0.05) is 40.9 Å². The summed E-state index contributed by atoms with van der Waals surface area (Å²) in [6.07, 6.45) is -1.39. The molecule has 7 nitrogen and oxygen atoms in total. The van der Waals surface area contributed by atoms with E-state index in [4.69, 9.17) is 0 Å². The first-order chi connectivity index (χ1) is 15.8. The normalized spacial score (nSPS) is 14.8. The van der Waals surface area contributed by atoms with Gasteiger partial charge in [-0.1, -0.05) is 12.1 Å². The van der Waals surface area contributed by atoms with Gasteiger partial charge in [-0.2, -0.15) is 18.7 Å². The number of nitrogens with zero attached hydrogens (tertiary/aromatic N) is 1. The third-order valence-corrected chi connectivity index (χ3v) is 5.63. The quantitative estimate of drug-likeness (QED) is 0.506. The molecule has 2 heterocycles. The van der Waals surface area contributed by atoms with Crippen molar-refractivity contribution in [3.8, 4) is 0 Å². The molecule has 3 N–H and O–H groups in total. The summed E-state index contributed by atoms with van der Waals surface area (Å²) in [6, 6.07) is 15.0. The van der Waals surface area contributed by atoms with Gasteiger partial charge in [-0.15, -0.1) is 0 Å². The van der Waals surface area contributed by atoms with Crippen LogP contribution in [0.1, 0.15) is 28.8 Å². The Morgan fingerprint density at radius 3 is 2.64 bits per heavy atom. The number of benzene rings is 2. The Morgan fingerprint density at radius 1 is 1.09 bits per heavy atom. The number of carbonyl (C=O) groups excluding carboxylic acids is 2. The lowest BCUT2D eigenvalue weighted by atomic mass is 10.0. The van der Waals surface area contributed by atoms with Gasteiger partial charge in [-0.25, -0.2) is 4.79 Å². The lowest BCUT2D eigenvalue weighted by Gasteiger charge is -2.36. The largest absolute Gasteiger partial charge is 0.493 e. The number of hydrogen-bond donors (Lipinski definition) is 3. The lowest BCUT2D eigenvalue weighted by Crippen LogP contribution is -2.43. The number of piperidine rings is 1.